The molecule has 0 amide bonds. The van der Waals surface area contributed by atoms with E-state index in [4.69, 9.17) is 16.3 Å². The lowest BCUT2D eigenvalue weighted by Crippen LogP contribution is -2.45. The zero-order valence-electron chi connectivity index (χ0n) is 18.4. The van der Waals surface area contributed by atoms with E-state index in [0.29, 0.717) is 15.8 Å². The maximum atomic E-state index is 13.1. The molecule has 5 rings (SSSR count). The molecule has 0 spiro atoms. The summed E-state index contributed by atoms with van der Waals surface area (Å²) in [4.78, 5) is 13.1. The molecule has 6 nitrogen and oxygen atoms in total. The van der Waals surface area contributed by atoms with Gasteiger partial charge in [0.15, 0.2) is 0 Å². The van der Waals surface area contributed by atoms with Crippen LogP contribution < -0.4 is 4.72 Å². The molecule has 34 heavy (non-hydrogen) atoms. The normalized spacial score (nSPS) is 26.0. The highest BCUT2D eigenvalue weighted by molar-refractivity contribution is 7.94. The van der Waals surface area contributed by atoms with Gasteiger partial charge in [0.05, 0.1) is 16.4 Å². The Balaban J connectivity index is 1.44. The topological polar surface area (TPSA) is 92.7 Å². The molecule has 3 aliphatic rings. The summed E-state index contributed by atoms with van der Waals surface area (Å²) in [5, 5.41) is 11.4. The van der Waals surface area contributed by atoms with Crippen molar-refractivity contribution in [1.29, 1.82) is 0 Å². The number of benzene rings is 1. The summed E-state index contributed by atoms with van der Waals surface area (Å²) in [7, 11) is -3.78. The number of fused-ring (bicyclic) bond motifs is 1. The van der Waals surface area contributed by atoms with E-state index in [1.165, 1.54) is 6.07 Å². The van der Waals surface area contributed by atoms with E-state index >= 15 is 0 Å². The SMILES string of the molecule is O=C1OC2=CC=CCCCC2C(O)C1C(c1cccc(NS(=O)(=O)c2ccc(Cl)s2)c1)C1CC1. The summed E-state index contributed by atoms with van der Waals surface area (Å²) >= 11 is 6.90. The van der Waals surface area contributed by atoms with Gasteiger partial charge in [0.25, 0.3) is 10.0 Å². The number of nitrogens with one attached hydrogen (secondary N) is 1. The minimum Gasteiger partial charge on any atom is -0.430 e. The van der Waals surface area contributed by atoms with E-state index in [0.717, 1.165) is 49.0 Å². The Morgan fingerprint density at radius 2 is 2.00 bits per heavy atom. The molecule has 1 aromatic carbocycles. The minimum atomic E-state index is -3.78. The molecule has 1 aromatic heterocycles. The lowest BCUT2D eigenvalue weighted by atomic mass is 9.72. The van der Waals surface area contributed by atoms with Gasteiger partial charge in [-0.25, -0.2) is 8.42 Å². The summed E-state index contributed by atoms with van der Waals surface area (Å²) in [5.74, 6) is -0.796. The predicted molar refractivity (Wildman–Crippen MR) is 132 cm³/mol. The second kappa shape index (κ2) is 9.49. The Kier molecular flexibility index (Phi) is 6.59. The lowest BCUT2D eigenvalue weighted by Gasteiger charge is -2.39. The summed E-state index contributed by atoms with van der Waals surface area (Å²) in [6.45, 7) is 0. The van der Waals surface area contributed by atoms with Gasteiger partial charge in [-0.3, -0.25) is 9.52 Å². The third-order valence-electron chi connectivity index (χ3n) is 6.77. The average Bonchev–Trinajstić information content (AvgIpc) is 3.51. The molecule has 180 valence electrons. The first-order chi connectivity index (χ1) is 16.3. The molecule has 0 bridgehead atoms. The second-order valence-corrected chi connectivity index (χ2v) is 12.7. The Morgan fingerprint density at radius 1 is 1.18 bits per heavy atom. The van der Waals surface area contributed by atoms with Crippen LogP contribution in [-0.4, -0.2) is 25.6 Å². The zero-order valence-corrected chi connectivity index (χ0v) is 20.8. The van der Waals surface area contributed by atoms with Crippen LogP contribution in [0.3, 0.4) is 0 Å². The Morgan fingerprint density at radius 3 is 2.74 bits per heavy atom. The highest BCUT2D eigenvalue weighted by atomic mass is 35.5. The number of carbonyl (C=O) groups excluding carboxylic acids is 1. The lowest BCUT2D eigenvalue weighted by molar-refractivity contribution is -0.160. The molecule has 1 saturated carbocycles. The van der Waals surface area contributed by atoms with Gasteiger partial charge in [-0.1, -0.05) is 35.9 Å². The highest BCUT2D eigenvalue weighted by Gasteiger charge is 2.50. The molecule has 2 aliphatic carbocycles. The molecule has 9 heteroatoms. The fourth-order valence-corrected chi connectivity index (χ4v) is 7.58. The van der Waals surface area contributed by atoms with Crippen molar-refractivity contribution in [2.75, 3.05) is 4.72 Å². The van der Waals surface area contributed by atoms with Gasteiger partial charge in [-0.05, 0) is 73.9 Å². The van der Waals surface area contributed by atoms with E-state index in [1.54, 1.807) is 30.3 Å². The number of halogens is 1. The van der Waals surface area contributed by atoms with E-state index in [2.05, 4.69) is 4.72 Å². The van der Waals surface area contributed by atoms with Crippen LogP contribution in [0.25, 0.3) is 0 Å². The highest BCUT2D eigenvalue weighted by Crippen LogP contribution is 2.51. The molecular formula is C25H26ClNO5S2. The van der Waals surface area contributed by atoms with Crippen molar-refractivity contribution < 1.29 is 23.1 Å². The van der Waals surface area contributed by atoms with E-state index in [-0.39, 0.29) is 22.0 Å². The number of esters is 1. The number of aliphatic hydroxyl groups is 1. The van der Waals surface area contributed by atoms with Gasteiger partial charge < -0.3 is 9.84 Å². The molecule has 0 radical (unpaired) electrons. The third-order valence-corrected chi connectivity index (χ3v) is 9.88. The van der Waals surface area contributed by atoms with Crippen LogP contribution in [0.4, 0.5) is 5.69 Å². The molecule has 2 N–H and O–H groups in total. The van der Waals surface area contributed by atoms with Gasteiger partial charge in [-0.2, -0.15) is 0 Å². The third kappa shape index (κ3) is 4.82. The number of anilines is 1. The Labute approximate surface area is 208 Å². The Bertz CT molecular complexity index is 1250. The predicted octanol–water partition coefficient (Wildman–Crippen LogP) is 5.47. The summed E-state index contributed by atoms with van der Waals surface area (Å²) in [6.07, 6.45) is 9.38. The van der Waals surface area contributed by atoms with Gasteiger partial charge >= 0.3 is 5.97 Å². The first-order valence-electron chi connectivity index (χ1n) is 11.5. The van der Waals surface area contributed by atoms with Crippen LogP contribution in [0.15, 0.2) is 64.6 Å². The van der Waals surface area contributed by atoms with E-state index < -0.39 is 28.0 Å². The number of rotatable bonds is 6. The monoisotopic (exact) mass is 519 g/mol. The van der Waals surface area contributed by atoms with Gasteiger partial charge in [0.1, 0.15) is 9.97 Å². The summed E-state index contributed by atoms with van der Waals surface area (Å²) in [5.41, 5.74) is 1.23. The summed E-state index contributed by atoms with van der Waals surface area (Å²) < 4.78 is 34.5. The maximum absolute atomic E-state index is 13.1. The number of sulfonamides is 1. The largest absolute Gasteiger partial charge is 0.430 e. The van der Waals surface area contributed by atoms with Crippen molar-refractivity contribution in [2.24, 2.45) is 17.8 Å². The van der Waals surface area contributed by atoms with E-state index in [1.807, 2.05) is 18.2 Å². The molecule has 4 atom stereocenters. The van der Waals surface area contributed by atoms with Gasteiger partial charge in [0, 0.05) is 17.5 Å². The van der Waals surface area contributed by atoms with E-state index in [9.17, 15) is 18.3 Å². The molecule has 2 heterocycles. The average molecular weight is 520 g/mol. The molecule has 1 aliphatic heterocycles. The number of thiophene rings is 1. The second-order valence-electron chi connectivity index (χ2n) is 9.12. The molecular weight excluding hydrogens is 494 g/mol. The quantitative estimate of drug-likeness (QED) is 0.494. The van der Waals surface area contributed by atoms with Gasteiger partial charge in [-0.15, -0.1) is 11.3 Å². The Hall–Kier alpha value is -2.13. The van der Waals surface area contributed by atoms with Crippen LogP contribution in [0.2, 0.25) is 4.34 Å². The van der Waals surface area contributed by atoms with Crippen molar-refractivity contribution in [3.63, 3.8) is 0 Å². The summed E-state index contributed by atoms with van der Waals surface area (Å²) in [6, 6.07) is 10.1. The minimum absolute atomic E-state index is 0.130. The molecule has 1 saturated heterocycles. The zero-order chi connectivity index (χ0) is 23.9. The first-order valence-corrected chi connectivity index (χ1v) is 14.2. The maximum Gasteiger partial charge on any atom is 0.317 e. The van der Waals surface area contributed by atoms with Crippen LogP contribution in [-0.2, 0) is 19.6 Å². The van der Waals surface area contributed by atoms with Crippen LogP contribution >= 0.6 is 22.9 Å². The molecule has 4 unspecified atom stereocenters. The molecule has 2 aromatic rings. The number of aliphatic hydroxyl groups excluding tert-OH is 1. The van der Waals surface area contributed by atoms with Crippen molar-refractivity contribution in [3.8, 4) is 0 Å². The van der Waals surface area contributed by atoms with Crippen LogP contribution in [0.1, 0.15) is 43.6 Å². The smallest absolute Gasteiger partial charge is 0.317 e. The van der Waals surface area contributed by atoms with Gasteiger partial charge in [0.2, 0.25) is 0 Å². The molecule has 2 fully saturated rings. The van der Waals surface area contributed by atoms with Crippen molar-refractivity contribution >= 4 is 44.6 Å². The number of allylic oxidation sites excluding steroid dienone is 3. The first kappa shape index (κ1) is 23.6. The van der Waals surface area contributed by atoms with Crippen molar-refractivity contribution in [3.05, 3.63) is 70.3 Å². The standard InChI is InChI=1S/C25H26ClNO5S2/c26-20-12-13-21(33-20)34(30,31)27-17-7-5-6-16(14-17)22(15-10-11-15)23-24(28)18-8-3-1-2-4-9-19(18)32-25(23)29/h2,4-7,9,12-15,18,22-24,27-28H,1,3,8,10-11H2. The fourth-order valence-electron chi connectivity index (χ4n) is 5.05. The number of carbonyl (C=O) groups is 1. The van der Waals surface area contributed by atoms with Crippen LogP contribution in [0.5, 0.6) is 0 Å². The van der Waals surface area contributed by atoms with Crippen molar-refractivity contribution in [1.82, 2.24) is 0 Å². The number of ether oxygens (including phenoxy) is 1. The number of hydrogen-bond acceptors (Lipinski definition) is 6. The fraction of sp³-hybridized carbons (Fsp3) is 0.400. The van der Waals surface area contributed by atoms with Crippen LogP contribution in [0, 0.1) is 17.8 Å². The number of hydrogen-bond donors (Lipinski definition) is 2. The van der Waals surface area contributed by atoms with Crippen molar-refractivity contribution in [2.45, 2.75) is 48.3 Å².